The maximum Gasteiger partial charge on any atom is 0.165 e. The van der Waals surface area contributed by atoms with Crippen molar-refractivity contribution in [3.63, 3.8) is 0 Å². The Kier molecular flexibility index (Phi) is 5.98. The molecule has 0 bridgehead atoms. The molecule has 1 heterocycles. The van der Waals surface area contributed by atoms with E-state index in [9.17, 15) is 0 Å². The molecule has 0 spiro atoms. The number of rotatable bonds is 6. The van der Waals surface area contributed by atoms with Crippen LogP contribution in [0.5, 0.6) is 11.5 Å². The van der Waals surface area contributed by atoms with E-state index in [1.165, 1.54) is 11.1 Å². The van der Waals surface area contributed by atoms with Gasteiger partial charge in [0.1, 0.15) is 6.61 Å². The molecule has 28 heavy (non-hydrogen) atoms. The van der Waals surface area contributed by atoms with Crippen LogP contribution in [-0.2, 0) is 17.8 Å². The Labute approximate surface area is 174 Å². The predicted octanol–water partition coefficient (Wildman–Crippen LogP) is 6.02. The number of hydrogen-bond donors (Lipinski definition) is 0. The summed E-state index contributed by atoms with van der Waals surface area (Å²) in [6.07, 6.45) is 0.714. The molecule has 1 aliphatic heterocycles. The fourth-order valence-corrected chi connectivity index (χ4v) is 4.17. The molecule has 0 fully saturated rings. The fourth-order valence-electron chi connectivity index (χ4n) is 3.67. The molecular formula is C24H23BrO3. The summed E-state index contributed by atoms with van der Waals surface area (Å²) in [7, 11) is 1.69. The lowest BCUT2D eigenvalue weighted by molar-refractivity contribution is -0.0148. The Morgan fingerprint density at radius 2 is 1.68 bits per heavy atom. The van der Waals surface area contributed by atoms with Crippen LogP contribution in [0.25, 0.3) is 0 Å². The topological polar surface area (TPSA) is 27.7 Å². The highest BCUT2D eigenvalue weighted by atomic mass is 79.9. The van der Waals surface area contributed by atoms with E-state index in [1.54, 1.807) is 7.11 Å². The third kappa shape index (κ3) is 3.94. The van der Waals surface area contributed by atoms with Gasteiger partial charge in [0.15, 0.2) is 11.5 Å². The zero-order valence-electron chi connectivity index (χ0n) is 15.8. The van der Waals surface area contributed by atoms with Gasteiger partial charge in [-0.3, -0.25) is 0 Å². The van der Waals surface area contributed by atoms with Gasteiger partial charge in [0, 0.05) is 17.3 Å². The van der Waals surface area contributed by atoms with Gasteiger partial charge in [0.25, 0.3) is 0 Å². The minimum Gasteiger partial charge on any atom is -0.493 e. The zero-order chi connectivity index (χ0) is 19.3. The molecule has 0 amide bonds. The van der Waals surface area contributed by atoms with Crippen molar-refractivity contribution < 1.29 is 14.2 Å². The molecule has 0 saturated heterocycles. The third-order valence-electron chi connectivity index (χ3n) is 5.08. The van der Waals surface area contributed by atoms with Crippen molar-refractivity contribution in [2.45, 2.75) is 25.2 Å². The van der Waals surface area contributed by atoms with Crippen LogP contribution in [0.1, 0.15) is 34.5 Å². The van der Waals surface area contributed by atoms with Crippen LogP contribution in [0.4, 0.5) is 0 Å². The summed E-state index contributed by atoms with van der Waals surface area (Å²) in [4.78, 5) is 0. The van der Waals surface area contributed by atoms with Crippen molar-refractivity contribution in [3.05, 3.63) is 95.1 Å². The Hall–Kier alpha value is -2.30. The minimum absolute atomic E-state index is 0.0116. The maximum atomic E-state index is 6.40. The molecular weight excluding hydrogens is 416 g/mol. The first kappa shape index (κ1) is 19.0. The third-order valence-corrected chi connectivity index (χ3v) is 5.67. The van der Waals surface area contributed by atoms with Crippen LogP contribution in [0, 0.1) is 0 Å². The molecule has 2 unspecified atom stereocenters. The Morgan fingerprint density at radius 1 is 0.964 bits per heavy atom. The standard InChI is InChI=1S/C24H23BrO3/c1-26-21-13-12-19-20(24(21)27-16-17-8-4-2-5-9-17)14-22(28-23(19)15-25)18-10-6-3-7-11-18/h2-13,22-23H,14-16H2,1H3. The minimum atomic E-state index is -0.0288. The first-order valence-corrected chi connectivity index (χ1v) is 10.5. The molecule has 0 saturated carbocycles. The van der Waals surface area contributed by atoms with E-state index < -0.39 is 0 Å². The molecule has 2 atom stereocenters. The maximum absolute atomic E-state index is 6.40. The van der Waals surface area contributed by atoms with E-state index in [0.717, 1.165) is 34.4 Å². The van der Waals surface area contributed by atoms with Gasteiger partial charge in [-0.1, -0.05) is 82.7 Å². The highest BCUT2D eigenvalue weighted by Crippen LogP contribution is 2.45. The number of hydrogen-bond acceptors (Lipinski definition) is 3. The number of fused-ring (bicyclic) bond motifs is 1. The van der Waals surface area contributed by atoms with Gasteiger partial charge in [-0.05, 0) is 22.8 Å². The van der Waals surface area contributed by atoms with Crippen molar-refractivity contribution in [2.24, 2.45) is 0 Å². The van der Waals surface area contributed by atoms with Gasteiger partial charge >= 0.3 is 0 Å². The number of alkyl halides is 1. The summed E-state index contributed by atoms with van der Waals surface area (Å²) in [5, 5.41) is 0.730. The Balaban J connectivity index is 1.70. The molecule has 4 heteroatoms. The molecule has 3 aromatic rings. The molecule has 3 nitrogen and oxygen atoms in total. The van der Waals surface area contributed by atoms with E-state index in [4.69, 9.17) is 14.2 Å². The molecule has 0 aromatic heterocycles. The van der Waals surface area contributed by atoms with Crippen LogP contribution < -0.4 is 9.47 Å². The summed E-state index contributed by atoms with van der Waals surface area (Å²) in [5.74, 6) is 1.58. The lowest BCUT2D eigenvalue weighted by Gasteiger charge is -2.33. The van der Waals surface area contributed by atoms with Crippen molar-refractivity contribution in [1.29, 1.82) is 0 Å². The molecule has 3 aromatic carbocycles. The summed E-state index contributed by atoms with van der Waals surface area (Å²) in [6.45, 7) is 0.503. The van der Waals surface area contributed by atoms with Gasteiger partial charge < -0.3 is 14.2 Å². The van der Waals surface area contributed by atoms with Crippen molar-refractivity contribution in [3.8, 4) is 11.5 Å². The fraction of sp³-hybridized carbons (Fsp3) is 0.250. The normalized spacial score (nSPS) is 18.4. The molecule has 1 aliphatic rings. The van der Waals surface area contributed by atoms with Gasteiger partial charge in [0.05, 0.1) is 19.3 Å². The molecule has 0 aliphatic carbocycles. The summed E-state index contributed by atoms with van der Waals surface area (Å²) >= 11 is 3.62. The lowest BCUT2D eigenvalue weighted by atomic mass is 9.90. The molecule has 0 N–H and O–H groups in total. The average molecular weight is 439 g/mol. The predicted molar refractivity (Wildman–Crippen MR) is 114 cm³/mol. The zero-order valence-corrected chi connectivity index (χ0v) is 17.4. The number of benzene rings is 3. The molecule has 4 rings (SSSR count). The van der Waals surface area contributed by atoms with E-state index >= 15 is 0 Å². The summed E-state index contributed by atoms with van der Waals surface area (Å²) < 4.78 is 18.3. The average Bonchev–Trinajstić information content (AvgIpc) is 2.77. The SMILES string of the molecule is COc1ccc2c(c1OCc1ccccc1)CC(c1ccccc1)OC2CBr. The van der Waals surface area contributed by atoms with E-state index in [1.807, 2.05) is 30.3 Å². The first-order valence-electron chi connectivity index (χ1n) is 9.43. The van der Waals surface area contributed by atoms with Crippen LogP contribution in [0.2, 0.25) is 0 Å². The highest BCUT2D eigenvalue weighted by molar-refractivity contribution is 9.09. The largest absolute Gasteiger partial charge is 0.493 e. The lowest BCUT2D eigenvalue weighted by Crippen LogP contribution is -2.22. The number of ether oxygens (including phenoxy) is 3. The van der Waals surface area contributed by atoms with Gasteiger partial charge in [-0.15, -0.1) is 0 Å². The van der Waals surface area contributed by atoms with Gasteiger partial charge in [-0.25, -0.2) is 0 Å². The van der Waals surface area contributed by atoms with E-state index in [2.05, 4.69) is 58.4 Å². The van der Waals surface area contributed by atoms with E-state index in [-0.39, 0.29) is 12.2 Å². The van der Waals surface area contributed by atoms with Gasteiger partial charge in [-0.2, -0.15) is 0 Å². The Morgan fingerprint density at radius 3 is 2.36 bits per heavy atom. The van der Waals surface area contributed by atoms with Crippen molar-refractivity contribution in [2.75, 3.05) is 12.4 Å². The van der Waals surface area contributed by atoms with Crippen LogP contribution >= 0.6 is 15.9 Å². The first-order chi connectivity index (χ1) is 13.8. The second kappa shape index (κ2) is 8.80. The van der Waals surface area contributed by atoms with Crippen molar-refractivity contribution in [1.82, 2.24) is 0 Å². The highest BCUT2D eigenvalue weighted by Gasteiger charge is 2.31. The second-order valence-corrected chi connectivity index (χ2v) is 7.47. The quantitative estimate of drug-likeness (QED) is 0.440. The van der Waals surface area contributed by atoms with E-state index in [0.29, 0.717) is 6.61 Å². The van der Waals surface area contributed by atoms with Crippen LogP contribution in [-0.4, -0.2) is 12.4 Å². The van der Waals surface area contributed by atoms with Crippen molar-refractivity contribution >= 4 is 15.9 Å². The van der Waals surface area contributed by atoms with Crippen LogP contribution in [0.3, 0.4) is 0 Å². The monoisotopic (exact) mass is 438 g/mol. The van der Waals surface area contributed by atoms with Crippen LogP contribution in [0.15, 0.2) is 72.8 Å². The number of halogens is 1. The van der Waals surface area contributed by atoms with Gasteiger partial charge in [0.2, 0.25) is 0 Å². The molecule has 0 radical (unpaired) electrons. The Bertz CT molecular complexity index is 912. The summed E-state index contributed by atoms with van der Waals surface area (Å²) in [5.41, 5.74) is 4.63. The molecule has 144 valence electrons. The smallest absolute Gasteiger partial charge is 0.165 e. The second-order valence-electron chi connectivity index (χ2n) is 6.82. The number of methoxy groups -OCH3 is 1. The summed E-state index contributed by atoms with van der Waals surface area (Å²) in [6, 6.07) is 24.6.